The normalized spacial score (nSPS) is 12.3. The van der Waals surface area contributed by atoms with Crippen LogP contribution in [0.1, 0.15) is 30.6 Å². The van der Waals surface area contributed by atoms with Crippen molar-refractivity contribution in [3.63, 3.8) is 0 Å². The Morgan fingerprint density at radius 3 is 2.51 bits per heavy atom. The number of fused-ring (bicyclic) bond motifs is 1. The van der Waals surface area contributed by atoms with E-state index in [2.05, 4.69) is 29.6 Å². The number of carbonyl (C=O) groups is 2. The van der Waals surface area contributed by atoms with E-state index in [1.54, 1.807) is 23.0 Å². The van der Waals surface area contributed by atoms with Gasteiger partial charge in [0, 0.05) is 25.0 Å². The lowest BCUT2D eigenvalue weighted by Gasteiger charge is -2.20. The van der Waals surface area contributed by atoms with Crippen LogP contribution < -0.4 is 15.4 Å². The Kier molecular flexibility index (Phi) is 8.39. The van der Waals surface area contributed by atoms with Crippen LogP contribution in [0.15, 0.2) is 36.5 Å². The molecule has 1 atom stereocenters. The summed E-state index contributed by atoms with van der Waals surface area (Å²) in [6, 6.07) is 5.34. The Hall–Kier alpha value is -3.53. The Labute approximate surface area is 203 Å². The smallest absolute Gasteiger partial charge is 0.255 e. The van der Waals surface area contributed by atoms with Gasteiger partial charge in [-0.25, -0.2) is 8.78 Å². The summed E-state index contributed by atoms with van der Waals surface area (Å²) in [6.45, 7) is 5.30. The van der Waals surface area contributed by atoms with Crippen LogP contribution in [0.4, 0.5) is 8.78 Å². The molecule has 0 radical (unpaired) electrons. The van der Waals surface area contributed by atoms with Crippen molar-refractivity contribution in [3.05, 3.63) is 53.7 Å². The highest BCUT2D eigenvalue weighted by Crippen LogP contribution is 2.32. The molecule has 10 heteroatoms. The minimum atomic E-state index is -0.902. The largest absolute Gasteiger partial charge is 0.453 e. The summed E-state index contributed by atoms with van der Waals surface area (Å²) in [4.78, 5) is 27.7. The fourth-order valence-corrected chi connectivity index (χ4v) is 3.60. The number of aromatic nitrogens is 2. The molecule has 0 saturated carbocycles. The Bertz CT molecular complexity index is 1210. The lowest BCUT2D eigenvalue weighted by molar-refractivity contribution is -0.122. The number of carbonyl (C=O) groups excluding carboxylic acids is 2. The van der Waals surface area contributed by atoms with Gasteiger partial charge in [0.05, 0.1) is 17.3 Å². The third-order valence-electron chi connectivity index (χ3n) is 5.37. The van der Waals surface area contributed by atoms with E-state index in [1.807, 2.05) is 19.0 Å². The van der Waals surface area contributed by atoms with E-state index in [9.17, 15) is 18.4 Å². The molecule has 0 saturated heterocycles. The standard InChI is InChI=1S/C25H31F2N5O3/c1-15(2)14-32-21-12-18(24(33)30-20(25(34)28-3)8-9-31(4)5)23(10-16(21)13-29-32)35-22-7-6-17(26)11-19(22)27/h6-7,10-13,15,20H,8-9,14H2,1-5H3,(H,28,34)(H,30,33)/t20-/m0/s1. The van der Waals surface area contributed by atoms with E-state index in [4.69, 9.17) is 4.74 Å². The summed E-state index contributed by atoms with van der Waals surface area (Å²) >= 11 is 0. The topological polar surface area (TPSA) is 88.5 Å². The fraction of sp³-hybridized carbons (Fsp3) is 0.400. The highest BCUT2D eigenvalue weighted by atomic mass is 19.1. The number of hydrogen-bond donors (Lipinski definition) is 2. The van der Waals surface area contributed by atoms with Gasteiger partial charge in [0.2, 0.25) is 5.91 Å². The fourth-order valence-electron chi connectivity index (χ4n) is 3.60. The first-order chi connectivity index (χ1) is 16.6. The Morgan fingerprint density at radius 1 is 1.14 bits per heavy atom. The molecule has 0 spiro atoms. The van der Waals surface area contributed by atoms with E-state index in [0.717, 1.165) is 12.1 Å². The van der Waals surface area contributed by atoms with Crippen LogP contribution >= 0.6 is 0 Å². The van der Waals surface area contributed by atoms with Crippen LogP contribution in [-0.2, 0) is 11.3 Å². The summed E-state index contributed by atoms with van der Waals surface area (Å²) in [5.41, 5.74) is 0.797. The van der Waals surface area contributed by atoms with E-state index in [1.165, 1.54) is 7.05 Å². The molecular weight excluding hydrogens is 456 g/mol. The van der Waals surface area contributed by atoms with Gasteiger partial charge in [-0.15, -0.1) is 0 Å². The van der Waals surface area contributed by atoms with Gasteiger partial charge in [-0.1, -0.05) is 13.8 Å². The van der Waals surface area contributed by atoms with Gasteiger partial charge in [-0.3, -0.25) is 14.3 Å². The number of ether oxygens (including phenoxy) is 1. The summed E-state index contributed by atoms with van der Waals surface area (Å²) in [5.74, 6) is -2.40. The zero-order chi connectivity index (χ0) is 25.7. The molecule has 0 aliphatic heterocycles. The molecular formula is C25H31F2N5O3. The summed E-state index contributed by atoms with van der Waals surface area (Å²) in [5, 5.41) is 10.4. The average Bonchev–Trinajstić information content (AvgIpc) is 3.17. The molecule has 3 aromatic rings. The van der Waals surface area contributed by atoms with Gasteiger partial charge >= 0.3 is 0 Å². The van der Waals surface area contributed by atoms with Crippen LogP contribution in [0.2, 0.25) is 0 Å². The van der Waals surface area contributed by atoms with Crippen molar-refractivity contribution in [3.8, 4) is 11.5 Å². The van der Waals surface area contributed by atoms with Gasteiger partial charge in [0.15, 0.2) is 11.6 Å². The second kappa shape index (κ2) is 11.3. The molecule has 0 fully saturated rings. The molecule has 0 bridgehead atoms. The van der Waals surface area contributed by atoms with E-state index >= 15 is 0 Å². The van der Waals surface area contributed by atoms with E-state index < -0.39 is 23.6 Å². The molecule has 2 aromatic carbocycles. The second-order valence-corrected chi connectivity index (χ2v) is 9.04. The molecule has 0 unspecified atom stereocenters. The number of likely N-dealkylation sites (N-methyl/N-ethyl adjacent to an activating group) is 1. The van der Waals surface area contributed by atoms with E-state index in [0.29, 0.717) is 42.4 Å². The molecule has 3 rings (SSSR count). The van der Waals surface area contributed by atoms with Crippen LogP contribution in [0.25, 0.3) is 10.9 Å². The van der Waals surface area contributed by atoms with Crippen molar-refractivity contribution in [2.45, 2.75) is 32.9 Å². The predicted octanol–water partition coefficient (Wildman–Crippen LogP) is 3.56. The quantitative estimate of drug-likeness (QED) is 0.457. The monoisotopic (exact) mass is 487 g/mol. The molecule has 1 heterocycles. The highest BCUT2D eigenvalue weighted by Gasteiger charge is 2.24. The molecule has 1 aromatic heterocycles. The molecule has 2 amide bonds. The highest BCUT2D eigenvalue weighted by molar-refractivity contribution is 6.02. The molecule has 0 aliphatic carbocycles. The molecule has 2 N–H and O–H groups in total. The number of nitrogens with zero attached hydrogens (tertiary/aromatic N) is 3. The first kappa shape index (κ1) is 26.1. The van der Waals surface area contributed by atoms with Gasteiger partial charge in [0.25, 0.3) is 5.91 Å². The summed E-state index contributed by atoms with van der Waals surface area (Å²) in [6.07, 6.45) is 2.02. The molecule has 188 valence electrons. The Balaban J connectivity index is 2.03. The van der Waals surface area contributed by atoms with Crippen molar-refractivity contribution in [2.75, 3.05) is 27.7 Å². The lowest BCUT2D eigenvalue weighted by atomic mass is 10.1. The molecule has 8 nitrogen and oxygen atoms in total. The van der Waals surface area contributed by atoms with Crippen molar-refractivity contribution < 1.29 is 23.1 Å². The maximum Gasteiger partial charge on any atom is 0.255 e. The van der Waals surface area contributed by atoms with E-state index in [-0.39, 0.29) is 23.0 Å². The molecule has 0 aliphatic rings. The van der Waals surface area contributed by atoms with Gasteiger partial charge in [-0.05, 0) is 57.2 Å². The summed E-state index contributed by atoms with van der Waals surface area (Å²) < 4.78 is 35.2. The lowest BCUT2D eigenvalue weighted by Crippen LogP contribution is -2.47. The Morgan fingerprint density at radius 2 is 1.89 bits per heavy atom. The van der Waals surface area contributed by atoms with Crippen molar-refractivity contribution in [2.24, 2.45) is 5.92 Å². The number of hydrogen-bond acceptors (Lipinski definition) is 5. The third-order valence-corrected chi connectivity index (χ3v) is 5.37. The number of rotatable bonds is 10. The number of benzene rings is 2. The first-order valence-corrected chi connectivity index (χ1v) is 11.4. The number of halogens is 2. The second-order valence-electron chi connectivity index (χ2n) is 9.04. The summed E-state index contributed by atoms with van der Waals surface area (Å²) in [7, 11) is 5.24. The van der Waals surface area contributed by atoms with Gasteiger partial charge in [0.1, 0.15) is 17.6 Å². The zero-order valence-electron chi connectivity index (χ0n) is 20.6. The SMILES string of the molecule is CNC(=O)[C@H](CCN(C)C)NC(=O)c1cc2c(cnn2CC(C)C)cc1Oc1ccc(F)cc1F. The van der Waals surface area contributed by atoms with Crippen molar-refractivity contribution in [1.29, 1.82) is 0 Å². The predicted molar refractivity (Wildman–Crippen MR) is 129 cm³/mol. The number of nitrogens with one attached hydrogen (secondary N) is 2. The van der Waals surface area contributed by atoms with Crippen molar-refractivity contribution in [1.82, 2.24) is 25.3 Å². The van der Waals surface area contributed by atoms with Crippen LogP contribution in [0, 0.1) is 17.6 Å². The molecule has 35 heavy (non-hydrogen) atoms. The van der Waals surface area contributed by atoms with Crippen molar-refractivity contribution >= 4 is 22.7 Å². The van der Waals surface area contributed by atoms with Crippen LogP contribution in [-0.4, -0.2) is 60.2 Å². The van der Waals surface area contributed by atoms with Gasteiger partial charge < -0.3 is 20.3 Å². The maximum absolute atomic E-state index is 14.3. The van der Waals surface area contributed by atoms with Crippen LogP contribution in [0.5, 0.6) is 11.5 Å². The average molecular weight is 488 g/mol. The third kappa shape index (κ3) is 6.54. The minimum absolute atomic E-state index is 0.0628. The first-order valence-electron chi connectivity index (χ1n) is 11.4. The van der Waals surface area contributed by atoms with Gasteiger partial charge in [-0.2, -0.15) is 5.10 Å². The number of amides is 2. The maximum atomic E-state index is 14.3. The zero-order valence-corrected chi connectivity index (χ0v) is 20.6. The minimum Gasteiger partial charge on any atom is -0.453 e. The van der Waals surface area contributed by atoms with Crippen LogP contribution in [0.3, 0.4) is 0 Å².